The zero-order valence-electron chi connectivity index (χ0n) is 10.3. The molecule has 106 valence electrons. The van der Waals surface area contributed by atoms with Crippen molar-refractivity contribution < 1.29 is 18.0 Å². The van der Waals surface area contributed by atoms with Crippen molar-refractivity contribution in [3.63, 3.8) is 0 Å². The summed E-state index contributed by atoms with van der Waals surface area (Å²) in [6, 6.07) is 0. The number of nitrogens with one attached hydrogen (secondary N) is 1. The summed E-state index contributed by atoms with van der Waals surface area (Å²) in [5, 5.41) is 4.00. The standard InChI is InChI=1S/C11H14F3N3OS/c1-15-9(18)7-2-4-17(5-3-7)10-16-8(6-19-10)11(12,13)14/h6-7H,2-5H2,1H3,(H,15,18). The van der Waals surface area contributed by atoms with Crippen LogP contribution in [0.5, 0.6) is 0 Å². The molecule has 1 N–H and O–H groups in total. The van der Waals surface area contributed by atoms with Crippen molar-refractivity contribution in [2.75, 3.05) is 25.0 Å². The molecule has 0 bridgehead atoms. The Morgan fingerprint density at radius 2 is 2.11 bits per heavy atom. The number of thiazole rings is 1. The van der Waals surface area contributed by atoms with Gasteiger partial charge in [-0.15, -0.1) is 11.3 Å². The van der Waals surface area contributed by atoms with Crippen molar-refractivity contribution in [3.05, 3.63) is 11.1 Å². The number of carbonyl (C=O) groups is 1. The zero-order valence-corrected chi connectivity index (χ0v) is 11.1. The molecule has 2 heterocycles. The Labute approximate surface area is 112 Å². The third-order valence-corrected chi connectivity index (χ3v) is 4.07. The van der Waals surface area contributed by atoms with E-state index < -0.39 is 11.9 Å². The number of hydrogen-bond donors (Lipinski definition) is 1. The number of hydrogen-bond acceptors (Lipinski definition) is 4. The average molecular weight is 293 g/mol. The lowest BCUT2D eigenvalue weighted by atomic mass is 9.96. The summed E-state index contributed by atoms with van der Waals surface area (Å²) >= 11 is 0.993. The molecule has 1 aromatic heterocycles. The van der Waals surface area contributed by atoms with Crippen molar-refractivity contribution in [2.45, 2.75) is 19.0 Å². The van der Waals surface area contributed by atoms with Gasteiger partial charge in [0.2, 0.25) is 5.91 Å². The van der Waals surface area contributed by atoms with E-state index in [-0.39, 0.29) is 11.8 Å². The fourth-order valence-electron chi connectivity index (χ4n) is 2.08. The van der Waals surface area contributed by atoms with Gasteiger partial charge in [-0.1, -0.05) is 0 Å². The predicted molar refractivity (Wildman–Crippen MR) is 66.1 cm³/mol. The van der Waals surface area contributed by atoms with Crippen molar-refractivity contribution in [1.29, 1.82) is 0 Å². The maximum atomic E-state index is 12.5. The van der Waals surface area contributed by atoms with Crippen LogP contribution in [0.3, 0.4) is 0 Å². The van der Waals surface area contributed by atoms with Gasteiger partial charge in [0, 0.05) is 31.4 Å². The lowest BCUT2D eigenvalue weighted by molar-refractivity contribution is -0.140. The Kier molecular flexibility index (Phi) is 3.98. The second-order valence-electron chi connectivity index (χ2n) is 4.39. The molecule has 8 heteroatoms. The van der Waals surface area contributed by atoms with Gasteiger partial charge < -0.3 is 10.2 Å². The smallest absolute Gasteiger partial charge is 0.359 e. The lowest BCUT2D eigenvalue weighted by Gasteiger charge is -2.30. The van der Waals surface area contributed by atoms with Crippen LogP contribution in [0.1, 0.15) is 18.5 Å². The number of halogens is 3. The highest BCUT2D eigenvalue weighted by Gasteiger charge is 2.35. The van der Waals surface area contributed by atoms with Crippen LogP contribution in [0.15, 0.2) is 5.38 Å². The Hall–Kier alpha value is -1.31. The van der Waals surface area contributed by atoms with E-state index in [0.717, 1.165) is 16.7 Å². The fourth-order valence-corrected chi connectivity index (χ4v) is 2.96. The first-order chi connectivity index (χ1) is 8.91. The van der Waals surface area contributed by atoms with E-state index in [1.54, 1.807) is 11.9 Å². The normalized spacial score (nSPS) is 17.6. The molecule has 0 spiro atoms. The number of carbonyl (C=O) groups excluding carboxylic acids is 1. The molecular weight excluding hydrogens is 279 g/mol. The molecule has 0 radical (unpaired) electrons. The fraction of sp³-hybridized carbons (Fsp3) is 0.636. The Balaban J connectivity index is 1.98. The van der Waals surface area contributed by atoms with Gasteiger partial charge in [-0.2, -0.15) is 13.2 Å². The Bertz CT molecular complexity index is 452. The van der Waals surface area contributed by atoms with Crippen LogP contribution >= 0.6 is 11.3 Å². The molecule has 1 amide bonds. The summed E-state index contributed by atoms with van der Waals surface area (Å²) in [5.41, 5.74) is -0.846. The van der Waals surface area contributed by atoms with Crippen LogP contribution in [0.4, 0.5) is 18.3 Å². The number of alkyl halides is 3. The molecule has 1 saturated heterocycles. The van der Waals surface area contributed by atoms with Crippen LogP contribution in [-0.4, -0.2) is 31.0 Å². The first kappa shape index (κ1) is 14.1. The van der Waals surface area contributed by atoms with Gasteiger partial charge in [0.1, 0.15) is 0 Å². The third kappa shape index (κ3) is 3.17. The summed E-state index contributed by atoms with van der Waals surface area (Å²) in [6.45, 7) is 1.12. The first-order valence-electron chi connectivity index (χ1n) is 5.91. The molecule has 2 rings (SSSR count). The highest BCUT2D eigenvalue weighted by Crippen LogP contribution is 2.34. The van der Waals surface area contributed by atoms with E-state index in [4.69, 9.17) is 0 Å². The predicted octanol–water partition coefficient (Wildman–Crippen LogP) is 2.12. The van der Waals surface area contributed by atoms with E-state index in [9.17, 15) is 18.0 Å². The summed E-state index contributed by atoms with van der Waals surface area (Å²) in [7, 11) is 1.59. The minimum Gasteiger partial charge on any atom is -0.359 e. The minimum atomic E-state index is -4.39. The molecule has 0 unspecified atom stereocenters. The Morgan fingerprint density at radius 1 is 1.47 bits per heavy atom. The maximum Gasteiger partial charge on any atom is 0.434 e. The van der Waals surface area contributed by atoms with E-state index in [2.05, 4.69) is 10.3 Å². The van der Waals surface area contributed by atoms with Gasteiger partial charge in [-0.05, 0) is 12.8 Å². The molecule has 4 nitrogen and oxygen atoms in total. The van der Waals surface area contributed by atoms with E-state index in [1.807, 2.05) is 0 Å². The molecule has 19 heavy (non-hydrogen) atoms. The van der Waals surface area contributed by atoms with Gasteiger partial charge in [-0.3, -0.25) is 4.79 Å². The number of amides is 1. The van der Waals surface area contributed by atoms with Crippen molar-refractivity contribution in [2.24, 2.45) is 5.92 Å². The molecule has 0 saturated carbocycles. The number of nitrogens with zero attached hydrogens (tertiary/aromatic N) is 2. The highest BCUT2D eigenvalue weighted by molar-refractivity contribution is 7.13. The minimum absolute atomic E-state index is 0.00484. The molecule has 0 atom stereocenters. The first-order valence-corrected chi connectivity index (χ1v) is 6.79. The molecule has 0 aromatic carbocycles. The third-order valence-electron chi connectivity index (χ3n) is 3.17. The lowest BCUT2D eigenvalue weighted by Crippen LogP contribution is -2.39. The van der Waals surface area contributed by atoms with Gasteiger partial charge >= 0.3 is 6.18 Å². The number of piperidine rings is 1. The van der Waals surface area contributed by atoms with Crippen LogP contribution in [0, 0.1) is 5.92 Å². The van der Waals surface area contributed by atoms with Gasteiger partial charge in [0.25, 0.3) is 0 Å². The maximum absolute atomic E-state index is 12.5. The topological polar surface area (TPSA) is 45.2 Å². The van der Waals surface area contributed by atoms with Crippen molar-refractivity contribution in [1.82, 2.24) is 10.3 Å². The Morgan fingerprint density at radius 3 is 2.58 bits per heavy atom. The quantitative estimate of drug-likeness (QED) is 0.908. The monoisotopic (exact) mass is 293 g/mol. The largest absolute Gasteiger partial charge is 0.434 e. The molecular formula is C11H14F3N3OS. The second-order valence-corrected chi connectivity index (χ2v) is 5.23. The second kappa shape index (κ2) is 5.36. The molecule has 0 aliphatic carbocycles. The van der Waals surface area contributed by atoms with Gasteiger partial charge in [0.15, 0.2) is 10.8 Å². The molecule has 1 fully saturated rings. The van der Waals surface area contributed by atoms with Crippen LogP contribution in [0.25, 0.3) is 0 Å². The van der Waals surface area contributed by atoms with E-state index >= 15 is 0 Å². The molecule has 1 aliphatic heterocycles. The van der Waals surface area contributed by atoms with E-state index in [1.165, 1.54) is 0 Å². The molecule has 1 aromatic rings. The number of rotatable bonds is 2. The number of anilines is 1. The van der Waals surface area contributed by atoms with Gasteiger partial charge in [0.05, 0.1) is 0 Å². The summed E-state index contributed by atoms with van der Waals surface area (Å²) in [5.74, 6) is -0.0573. The van der Waals surface area contributed by atoms with Crippen molar-refractivity contribution in [3.8, 4) is 0 Å². The highest BCUT2D eigenvalue weighted by atomic mass is 32.1. The van der Waals surface area contributed by atoms with Gasteiger partial charge in [-0.25, -0.2) is 4.98 Å². The van der Waals surface area contributed by atoms with Crippen LogP contribution < -0.4 is 10.2 Å². The van der Waals surface area contributed by atoms with Crippen molar-refractivity contribution >= 4 is 22.4 Å². The summed E-state index contributed by atoms with van der Waals surface area (Å²) in [6.07, 6.45) is -3.11. The molecule has 1 aliphatic rings. The number of aromatic nitrogens is 1. The van der Waals surface area contributed by atoms with Crippen LogP contribution in [-0.2, 0) is 11.0 Å². The SMILES string of the molecule is CNC(=O)C1CCN(c2nc(C(F)(F)F)cs2)CC1. The van der Waals surface area contributed by atoms with E-state index in [0.29, 0.717) is 31.1 Å². The van der Waals surface area contributed by atoms with Crippen LogP contribution in [0.2, 0.25) is 0 Å². The zero-order chi connectivity index (χ0) is 14.0. The average Bonchev–Trinajstić information content (AvgIpc) is 2.87. The summed E-state index contributed by atoms with van der Waals surface area (Å²) in [4.78, 5) is 16.9. The summed E-state index contributed by atoms with van der Waals surface area (Å²) < 4.78 is 37.4.